The Hall–Kier alpha value is -1.69. The van der Waals surface area contributed by atoms with Crippen molar-refractivity contribution in [1.29, 1.82) is 0 Å². The molecule has 2 heterocycles. The molecule has 0 spiro atoms. The molecule has 14 heavy (non-hydrogen) atoms. The highest BCUT2D eigenvalue weighted by atomic mass is 32.1. The third-order valence-corrected chi connectivity index (χ3v) is 2.97. The summed E-state index contributed by atoms with van der Waals surface area (Å²) in [6.07, 6.45) is 3.05. The third kappa shape index (κ3) is 1.20. The number of nitrogens with two attached hydrogens (primary N) is 1. The summed E-state index contributed by atoms with van der Waals surface area (Å²) in [7, 11) is 1.57. The molecule has 5 nitrogen and oxygen atoms in total. The highest BCUT2D eigenvalue weighted by Crippen LogP contribution is 2.30. The van der Waals surface area contributed by atoms with E-state index in [1.54, 1.807) is 13.2 Å². The van der Waals surface area contributed by atoms with Crippen molar-refractivity contribution in [3.63, 3.8) is 0 Å². The van der Waals surface area contributed by atoms with E-state index in [-0.39, 0.29) is 5.91 Å². The van der Waals surface area contributed by atoms with Gasteiger partial charge in [0.2, 0.25) is 0 Å². The first kappa shape index (κ1) is 8.89. The van der Waals surface area contributed by atoms with Gasteiger partial charge in [-0.15, -0.1) is 11.3 Å². The number of fused-ring (bicyclic) bond motifs is 1. The lowest BCUT2D eigenvalue weighted by Gasteiger charge is -1.95. The summed E-state index contributed by atoms with van der Waals surface area (Å²) < 4.78 is 0. The summed E-state index contributed by atoms with van der Waals surface area (Å²) >= 11 is 1.27. The van der Waals surface area contributed by atoms with Crippen molar-refractivity contribution in [1.82, 2.24) is 15.3 Å². The van der Waals surface area contributed by atoms with Gasteiger partial charge in [0.1, 0.15) is 16.0 Å². The fourth-order valence-corrected chi connectivity index (χ4v) is 2.12. The van der Waals surface area contributed by atoms with Gasteiger partial charge in [-0.05, 0) is 0 Å². The molecule has 0 saturated carbocycles. The first-order valence-electron chi connectivity index (χ1n) is 3.94. The van der Waals surface area contributed by atoms with Crippen LogP contribution in [0.25, 0.3) is 10.2 Å². The SMILES string of the molecule is CNC(=O)c1sc2ncncc2c1N. The van der Waals surface area contributed by atoms with Crippen LogP contribution in [-0.4, -0.2) is 22.9 Å². The van der Waals surface area contributed by atoms with Gasteiger partial charge >= 0.3 is 0 Å². The maximum absolute atomic E-state index is 11.4. The van der Waals surface area contributed by atoms with Crippen LogP contribution >= 0.6 is 11.3 Å². The second-order valence-electron chi connectivity index (χ2n) is 2.67. The van der Waals surface area contributed by atoms with Crippen LogP contribution in [0, 0.1) is 0 Å². The summed E-state index contributed by atoms with van der Waals surface area (Å²) in [5, 5.41) is 3.26. The number of nitrogens with zero attached hydrogens (tertiary/aromatic N) is 2. The number of nitrogens with one attached hydrogen (secondary N) is 1. The molecule has 0 radical (unpaired) electrons. The summed E-state index contributed by atoms with van der Waals surface area (Å²) in [4.78, 5) is 20.5. The van der Waals surface area contributed by atoms with Crippen LogP contribution in [0.1, 0.15) is 9.67 Å². The van der Waals surface area contributed by atoms with E-state index in [4.69, 9.17) is 5.73 Å². The van der Waals surface area contributed by atoms with Gasteiger partial charge in [-0.3, -0.25) is 4.79 Å². The number of rotatable bonds is 1. The highest BCUT2D eigenvalue weighted by molar-refractivity contribution is 7.21. The number of hydrogen-bond donors (Lipinski definition) is 2. The van der Waals surface area contributed by atoms with Crippen LogP contribution in [0.15, 0.2) is 12.5 Å². The molecule has 0 bridgehead atoms. The zero-order valence-corrected chi connectivity index (χ0v) is 8.26. The van der Waals surface area contributed by atoms with Crippen LogP contribution < -0.4 is 11.1 Å². The Bertz CT molecular complexity index is 493. The molecule has 0 atom stereocenters. The number of nitrogen functional groups attached to an aromatic ring is 1. The van der Waals surface area contributed by atoms with E-state index in [2.05, 4.69) is 15.3 Å². The first-order valence-corrected chi connectivity index (χ1v) is 4.75. The van der Waals surface area contributed by atoms with Crippen LogP contribution in [0.5, 0.6) is 0 Å². The number of hydrogen-bond acceptors (Lipinski definition) is 5. The lowest BCUT2D eigenvalue weighted by molar-refractivity contribution is 0.0968. The average molecular weight is 208 g/mol. The molecule has 2 aromatic heterocycles. The summed E-state index contributed by atoms with van der Waals surface area (Å²) in [6, 6.07) is 0. The quantitative estimate of drug-likeness (QED) is 0.720. The van der Waals surface area contributed by atoms with E-state index in [1.165, 1.54) is 17.7 Å². The standard InChI is InChI=1S/C8H8N4OS/c1-10-7(13)6-5(9)4-2-11-3-12-8(4)14-6/h2-3H,9H2,1H3,(H,10,13). The van der Waals surface area contributed by atoms with Gasteiger partial charge in [0.15, 0.2) is 0 Å². The molecular weight excluding hydrogens is 200 g/mol. The first-order chi connectivity index (χ1) is 6.74. The lowest BCUT2D eigenvalue weighted by atomic mass is 10.3. The molecule has 2 aromatic rings. The lowest BCUT2D eigenvalue weighted by Crippen LogP contribution is -2.17. The fraction of sp³-hybridized carbons (Fsp3) is 0.125. The van der Waals surface area contributed by atoms with E-state index in [1.807, 2.05) is 0 Å². The van der Waals surface area contributed by atoms with E-state index in [0.29, 0.717) is 10.6 Å². The Labute approximate surface area is 84.0 Å². The van der Waals surface area contributed by atoms with Crippen molar-refractivity contribution >= 4 is 33.1 Å². The van der Waals surface area contributed by atoms with Crippen molar-refractivity contribution in [2.45, 2.75) is 0 Å². The van der Waals surface area contributed by atoms with Crippen molar-refractivity contribution < 1.29 is 4.79 Å². The normalized spacial score (nSPS) is 10.4. The number of carbonyl (C=O) groups excluding carboxylic acids is 1. The highest BCUT2D eigenvalue weighted by Gasteiger charge is 2.15. The van der Waals surface area contributed by atoms with E-state index in [9.17, 15) is 4.79 Å². The van der Waals surface area contributed by atoms with Gasteiger partial charge in [0.25, 0.3) is 5.91 Å². The Balaban J connectivity index is 2.68. The van der Waals surface area contributed by atoms with Crippen LogP contribution in [0.4, 0.5) is 5.69 Å². The predicted octanol–water partition coefficient (Wildman–Crippen LogP) is 0.633. The van der Waals surface area contributed by atoms with Gasteiger partial charge < -0.3 is 11.1 Å². The third-order valence-electron chi connectivity index (χ3n) is 1.84. The Kier molecular flexibility index (Phi) is 2.05. The molecule has 2 rings (SSSR count). The van der Waals surface area contributed by atoms with Crippen LogP contribution in [-0.2, 0) is 0 Å². The Morgan fingerprint density at radius 1 is 1.64 bits per heavy atom. The predicted molar refractivity (Wildman–Crippen MR) is 55.2 cm³/mol. The molecule has 0 fully saturated rings. The molecule has 0 aromatic carbocycles. The van der Waals surface area contributed by atoms with Gasteiger partial charge in [-0.1, -0.05) is 0 Å². The monoisotopic (exact) mass is 208 g/mol. The second kappa shape index (κ2) is 3.22. The van der Waals surface area contributed by atoms with E-state index >= 15 is 0 Å². The molecular formula is C8H8N4OS. The minimum absolute atomic E-state index is 0.189. The van der Waals surface area contributed by atoms with Gasteiger partial charge in [0.05, 0.1) is 11.1 Å². The van der Waals surface area contributed by atoms with Crippen molar-refractivity contribution in [2.24, 2.45) is 0 Å². The molecule has 3 N–H and O–H groups in total. The summed E-state index contributed by atoms with van der Waals surface area (Å²) in [5.74, 6) is -0.189. The average Bonchev–Trinajstić information content (AvgIpc) is 2.56. The van der Waals surface area contributed by atoms with E-state index < -0.39 is 0 Å². The number of amides is 1. The second-order valence-corrected chi connectivity index (χ2v) is 3.66. The van der Waals surface area contributed by atoms with Crippen LogP contribution in [0.3, 0.4) is 0 Å². The van der Waals surface area contributed by atoms with Crippen molar-refractivity contribution in [3.8, 4) is 0 Å². The van der Waals surface area contributed by atoms with Gasteiger partial charge in [-0.2, -0.15) is 0 Å². The van der Waals surface area contributed by atoms with Crippen molar-refractivity contribution in [3.05, 3.63) is 17.4 Å². The zero-order chi connectivity index (χ0) is 10.1. The number of thiophene rings is 1. The zero-order valence-electron chi connectivity index (χ0n) is 7.44. The molecule has 0 aliphatic carbocycles. The molecule has 0 saturated heterocycles. The molecule has 0 unspecified atom stereocenters. The van der Waals surface area contributed by atoms with Gasteiger partial charge in [-0.25, -0.2) is 9.97 Å². The summed E-state index contributed by atoms with van der Waals surface area (Å²) in [5.41, 5.74) is 6.23. The van der Waals surface area contributed by atoms with Crippen LogP contribution in [0.2, 0.25) is 0 Å². The largest absolute Gasteiger partial charge is 0.397 e. The van der Waals surface area contributed by atoms with E-state index in [0.717, 1.165) is 10.2 Å². The van der Waals surface area contributed by atoms with Crippen molar-refractivity contribution in [2.75, 3.05) is 12.8 Å². The number of aromatic nitrogens is 2. The minimum Gasteiger partial charge on any atom is -0.397 e. The smallest absolute Gasteiger partial charge is 0.263 e. The Morgan fingerprint density at radius 3 is 3.07 bits per heavy atom. The fourth-order valence-electron chi connectivity index (χ4n) is 1.14. The van der Waals surface area contributed by atoms with Gasteiger partial charge in [0, 0.05) is 13.2 Å². The molecule has 0 aliphatic heterocycles. The maximum atomic E-state index is 11.4. The molecule has 0 aliphatic rings. The molecule has 72 valence electrons. The Morgan fingerprint density at radius 2 is 2.43 bits per heavy atom. The molecule has 6 heteroatoms. The topological polar surface area (TPSA) is 80.9 Å². The minimum atomic E-state index is -0.189. The number of carbonyl (C=O) groups is 1. The number of anilines is 1. The molecule has 1 amide bonds. The summed E-state index contributed by atoms with van der Waals surface area (Å²) in [6.45, 7) is 0. The maximum Gasteiger partial charge on any atom is 0.263 e.